The van der Waals surface area contributed by atoms with Gasteiger partial charge in [0.05, 0.1) is 5.56 Å². The van der Waals surface area contributed by atoms with Gasteiger partial charge in [-0.25, -0.2) is 0 Å². The second kappa shape index (κ2) is 5.69. The van der Waals surface area contributed by atoms with Crippen LogP contribution in [0.1, 0.15) is 67.3 Å². The Morgan fingerprint density at radius 1 is 1.33 bits per heavy atom. The van der Waals surface area contributed by atoms with Crippen molar-refractivity contribution < 1.29 is 18.0 Å². The van der Waals surface area contributed by atoms with Crippen molar-refractivity contribution in [2.45, 2.75) is 64.7 Å². The number of halogens is 3. The number of carbonyl (C=O) groups is 1. The van der Waals surface area contributed by atoms with E-state index < -0.39 is 17.8 Å². The number of alkyl halides is 3. The summed E-state index contributed by atoms with van der Waals surface area (Å²) < 4.78 is 40.6. The van der Waals surface area contributed by atoms with Crippen LogP contribution < -0.4 is 5.32 Å². The van der Waals surface area contributed by atoms with Gasteiger partial charge >= 0.3 is 6.18 Å². The third-order valence-corrected chi connectivity index (χ3v) is 3.83. The molecule has 0 bridgehead atoms. The van der Waals surface area contributed by atoms with Gasteiger partial charge in [-0.1, -0.05) is 12.8 Å². The Morgan fingerprint density at radius 2 is 1.90 bits per heavy atom. The molecule has 2 rings (SSSR count). The number of hydrogen-bond acceptors (Lipinski definition) is 2. The zero-order chi connectivity index (χ0) is 15.8. The Kier molecular flexibility index (Phi) is 4.30. The van der Waals surface area contributed by atoms with Crippen molar-refractivity contribution in [3.63, 3.8) is 0 Å². The maximum absolute atomic E-state index is 13.1. The molecule has 118 valence electrons. The number of nitrogens with one attached hydrogen (secondary N) is 1. The summed E-state index contributed by atoms with van der Waals surface area (Å²) >= 11 is 0. The summed E-state index contributed by atoms with van der Waals surface area (Å²) in [7, 11) is 0. The van der Waals surface area contributed by atoms with Crippen LogP contribution in [0.25, 0.3) is 0 Å². The SMILES string of the molecule is Cc1c(C(=O)NC2CCCC2)c(C(F)(F)F)nn1C(C)C. The highest BCUT2D eigenvalue weighted by Crippen LogP contribution is 2.33. The predicted molar refractivity (Wildman–Crippen MR) is 72.1 cm³/mol. The molecule has 1 aliphatic carbocycles. The topological polar surface area (TPSA) is 46.9 Å². The Hall–Kier alpha value is -1.53. The summed E-state index contributed by atoms with van der Waals surface area (Å²) in [6.45, 7) is 4.98. The number of hydrogen-bond donors (Lipinski definition) is 1. The van der Waals surface area contributed by atoms with Gasteiger partial charge in [-0.2, -0.15) is 18.3 Å². The number of rotatable bonds is 3. The first-order chi connectivity index (χ1) is 9.71. The van der Waals surface area contributed by atoms with Crippen molar-refractivity contribution >= 4 is 5.91 Å². The van der Waals surface area contributed by atoms with Gasteiger partial charge in [0.15, 0.2) is 5.69 Å². The molecular formula is C14H20F3N3O. The molecule has 0 saturated heterocycles. The molecule has 1 aliphatic rings. The van der Waals surface area contributed by atoms with Crippen LogP contribution in [0.3, 0.4) is 0 Å². The molecule has 7 heteroatoms. The molecule has 1 N–H and O–H groups in total. The van der Waals surface area contributed by atoms with E-state index in [1.54, 1.807) is 13.8 Å². The fraction of sp³-hybridized carbons (Fsp3) is 0.714. The summed E-state index contributed by atoms with van der Waals surface area (Å²) in [6, 6.07) is -0.264. The Bertz CT molecular complexity index is 528. The van der Waals surface area contributed by atoms with Gasteiger partial charge in [0.25, 0.3) is 5.91 Å². The molecule has 1 amide bonds. The van der Waals surface area contributed by atoms with Gasteiger partial charge in [-0.05, 0) is 33.6 Å². The highest BCUT2D eigenvalue weighted by atomic mass is 19.4. The average Bonchev–Trinajstić information content (AvgIpc) is 2.95. The van der Waals surface area contributed by atoms with Crippen LogP contribution in [0, 0.1) is 6.92 Å². The van der Waals surface area contributed by atoms with Crippen molar-refractivity contribution in [3.05, 3.63) is 17.0 Å². The van der Waals surface area contributed by atoms with Gasteiger partial charge in [0.2, 0.25) is 0 Å². The second-order valence-corrected chi connectivity index (χ2v) is 5.80. The van der Waals surface area contributed by atoms with E-state index >= 15 is 0 Å². The van der Waals surface area contributed by atoms with Crippen LogP contribution in [0.5, 0.6) is 0 Å². The minimum Gasteiger partial charge on any atom is -0.349 e. The monoisotopic (exact) mass is 303 g/mol. The quantitative estimate of drug-likeness (QED) is 0.929. The molecule has 1 saturated carbocycles. The van der Waals surface area contributed by atoms with Crippen LogP contribution >= 0.6 is 0 Å². The molecule has 1 heterocycles. The second-order valence-electron chi connectivity index (χ2n) is 5.80. The van der Waals surface area contributed by atoms with Crippen molar-refractivity contribution in [2.75, 3.05) is 0 Å². The highest BCUT2D eigenvalue weighted by Gasteiger charge is 2.41. The van der Waals surface area contributed by atoms with Crippen LogP contribution in [-0.4, -0.2) is 21.7 Å². The zero-order valence-corrected chi connectivity index (χ0v) is 12.4. The largest absolute Gasteiger partial charge is 0.435 e. The van der Waals surface area contributed by atoms with E-state index in [0.717, 1.165) is 25.7 Å². The molecule has 21 heavy (non-hydrogen) atoms. The maximum Gasteiger partial charge on any atom is 0.435 e. The van der Waals surface area contributed by atoms with E-state index in [1.165, 1.54) is 11.6 Å². The van der Waals surface area contributed by atoms with Crippen LogP contribution in [0.4, 0.5) is 13.2 Å². The Morgan fingerprint density at radius 3 is 2.38 bits per heavy atom. The normalized spacial score (nSPS) is 16.7. The van der Waals surface area contributed by atoms with Crippen molar-refractivity contribution in [1.29, 1.82) is 0 Å². The molecule has 0 aromatic carbocycles. The average molecular weight is 303 g/mol. The Balaban J connectivity index is 2.37. The van der Waals surface area contributed by atoms with Gasteiger partial charge in [-0.15, -0.1) is 0 Å². The van der Waals surface area contributed by atoms with Crippen LogP contribution in [0.2, 0.25) is 0 Å². The van der Waals surface area contributed by atoms with Gasteiger partial charge < -0.3 is 5.32 Å². The van der Waals surface area contributed by atoms with Crippen molar-refractivity contribution in [1.82, 2.24) is 15.1 Å². The lowest BCUT2D eigenvalue weighted by molar-refractivity contribution is -0.141. The highest BCUT2D eigenvalue weighted by molar-refractivity contribution is 5.96. The fourth-order valence-electron chi connectivity index (χ4n) is 2.82. The summed E-state index contributed by atoms with van der Waals surface area (Å²) in [5.74, 6) is -0.668. The number of amides is 1. The van der Waals surface area contributed by atoms with E-state index in [0.29, 0.717) is 0 Å². The van der Waals surface area contributed by atoms with Crippen molar-refractivity contribution in [2.24, 2.45) is 0 Å². The van der Waals surface area contributed by atoms with Gasteiger partial charge in [0, 0.05) is 17.8 Å². The first-order valence-electron chi connectivity index (χ1n) is 7.19. The molecule has 0 atom stereocenters. The van der Waals surface area contributed by atoms with Crippen LogP contribution in [-0.2, 0) is 6.18 Å². The molecule has 0 unspecified atom stereocenters. The summed E-state index contributed by atoms with van der Waals surface area (Å²) in [4.78, 5) is 12.3. The maximum atomic E-state index is 13.1. The van der Waals surface area contributed by atoms with E-state index in [9.17, 15) is 18.0 Å². The molecule has 0 spiro atoms. The fourth-order valence-corrected chi connectivity index (χ4v) is 2.82. The third-order valence-electron chi connectivity index (χ3n) is 3.83. The van der Waals surface area contributed by atoms with Crippen molar-refractivity contribution in [3.8, 4) is 0 Å². The smallest absolute Gasteiger partial charge is 0.349 e. The Labute approximate surface area is 121 Å². The molecule has 1 aromatic heterocycles. The summed E-state index contributed by atoms with van der Waals surface area (Å²) in [5.41, 5.74) is -1.18. The predicted octanol–water partition coefficient (Wildman–Crippen LogP) is 3.46. The standard InChI is InChI=1S/C14H20F3N3O/c1-8(2)20-9(3)11(12(19-20)14(15,16)17)13(21)18-10-6-4-5-7-10/h8,10H,4-7H2,1-3H3,(H,18,21). The molecule has 1 aromatic rings. The summed E-state index contributed by atoms with van der Waals surface area (Å²) in [6.07, 6.45) is -0.981. The van der Waals surface area contributed by atoms with Gasteiger partial charge in [-0.3, -0.25) is 9.48 Å². The van der Waals surface area contributed by atoms with Crippen LogP contribution in [0.15, 0.2) is 0 Å². The molecule has 4 nitrogen and oxygen atoms in total. The minimum atomic E-state index is -4.63. The van der Waals surface area contributed by atoms with E-state index in [1.807, 2.05) is 0 Å². The molecular weight excluding hydrogens is 283 g/mol. The lowest BCUT2D eigenvalue weighted by Gasteiger charge is -2.13. The lowest BCUT2D eigenvalue weighted by Crippen LogP contribution is -2.34. The first kappa shape index (κ1) is 15.9. The van der Waals surface area contributed by atoms with E-state index in [2.05, 4.69) is 10.4 Å². The zero-order valence-electron chi connectivity index (χ0n) is 12.4. The lowest BCUT2D eigenvalue weighted by atomic mass is 10.1. The van der Waals surface area contributed by atoms with E-state index in [-0.39, 0.29) is 23.3 Å². The number of carbonyl (C=O) groups excluding carboxylic acids is 1. The van der Waals surface area contributed by atoms with Gasteiger partial charge in [0.1, 0.15) is 0 Å². The molecule has 0 aliphatic heterocycles. The summed E-state index contributed by atoms with van der Waals surface area (Å²) in [5, 5.41) is 6.32. The molecule has 1 fully saturated rings. The molecule has 0 radical (unpaired) electrons. The minimum absolute atomic E-state index is 0.0274. The third kappa shape index (κ3) is 3.22. The first-order valence-corrected chi connectivity index (χ1v) is 7.19. The van der Waals surface area contributed by atoms with E-state index in [4.69, 9.17) is 0 Å². The number of aromatic nitrogens is 2. The number of nitrogens with zero attached hydrogens (tertiary/aromatic N) is 2.